The van der Waals surface area contributed by atoms with Crippen molar-refractivity contribution in [2.24, 2.45) is 0 Å². The highest BCUT2D eigenvalue weighted by molar-refractivity contribution is 5.76. The number of hydrogen-bond donors (Lipinski definition) is 2. The fourth-order valence-electron chi connectivity index (χ4n) is 1.59. The number of aryl methyl sites for hydroxylation is 1. The predicted molar refractivity (Wildman–Crippen MR) is 59.8 cm³/mol. The number of halogens is 1. The van der Waals surface area contributed by atoms with Crippen LogP contribution in [0.4, 0.5) is 4.39 Å². The first kappa shape index (κ1) is 12.6. The van der Waals surface area contributed by atoms with E-state index in [9.17, 15) is 9.18 Å². The second-order valence-corrected chi connectivity index (χ2v) is 4.09. The van der Waals surface area contributed by atoms with E-state index >= 15 is 0 Å². The van der Waals surface area contributed by atoms with Gasteiger partial charge in [0.2, 0.25) is 0 Å². The third-order valence-electron chi connectivity index (χ3n) is 2.29. The Morgan fingerprint density at radius 1 is 1.44 bits per heavy atom. The van der Waals surface area contributed by atoms with Crippen molar-refractivity contribution in [1.29, 1.82) is 0 Å². The number of hydrogen-bond acceptors (Lipinski definition) is 2. The summed E-state index contributed by atoms with van der Waals surface area (Å²) in [4.78, 5) is 11.1. The minimum atomic E-state index is -0.955. The van der Waals surface area contributed by atoms with Gasteiger partial charge in [-0.25, -0.2) is 4.39 Å². The molecule has 3 nitrogen and oxygen atoms in total. The summed E-state index contributed by atoms with van der Waals surface area (Å²) >= 11 is 0. The molecule has 0 saturated heterocycles. The van der Waals surface area contributed by atoms with Crippen molar-refractivity contribution >= 4 is 5.97 Å². The summed E-state index contributed by atoms with van der Waals surface area (Å²) in [6, 6.07) is 3.39. The van der Waals surface area contributed by atoms with E-state index in [-0.39, 0.29) is 11.9 Å². The summed E-state index contributed by atoms with van der Waals surface area (Å²) in [6.07, 6.45) is 0. The number of carboxylic acid groups (broad SMARTS) is 1. The molecule has 16 heavy (non-hydrogen) atoms. The van der Waals surface area contributed by atoms with Crippen molar-refractivity contribution in [2.45, 2.75) is 32.9 Å². The van der Waals surface area contributed by atoms with Crippen molar-refractivity contribution in [3.05, 3.63) is 35.1 Å². The van der Waals surface area contributed by atoms with E-state index in [1.807, 2.05) is 13.8 Å². The average Bonchev–Trinajstić information content (AvgIpc) is 2.14. The van der Waals surface area contributed by atoms with Gasteiger partial charge >= 0.3 is 5.97 Å². The smallest absolute Gasteiger partial charge is 0.325 e. The molecule has 2 N–H and O–H groups in total. The van der Waals surface area contributed by atoms with Gasteiger partial charge in [-0.1, -0.05) is 6.07 Å². The Morgan fingerprint density at radius 3 is 2.50 bits per heavy atom. The maximum Gasteiger partial charge on any atom is 0.325 e. The van der Waals surface area contributed by atoms with Gasteiger partial charge in [0.05, 0.1) is 0 Å². The molecule has 0 radical (unpaired) electrons. The summed E-state index contributed by atoms with van der Waals surface area (Å²) in [5.41, 5.74) is 1.24. The van der Waals surface area contributed by atoms with Crippen LogP contribution in [0.5, 0.6) is 0 Å². The lowest BCUT2D eigenvalue weighted by Crippen LogP contribution is -2.34. The van der Waals surface area contributed by atoms with Crippen LogP contribution >= 0.6 is 0 Å². The SMILES string of the molecule is Cc1cc(F)ccc1C(NC(C)C)C(=O)O. The van der Waals surface area contributed by atoms with E-state index in [2.05, 4.69) is 5.32 Å². The van der Waals surface area contributed by atoms with Crippen LogP contribution in [0, 0.1) is 12.7 Å². The number of aliphatic carboxylic acids is 1. The van der Waals surface area contributed by atoms with E-state index in [0.29, 0.717) is 11.1 Å². The molecule has 4 heteroatoms. The molecule has 0 aromatic heterocycles. The van der Waals surface area contributed by atoms with Gasteiger partial charge in [0.15, 0.2) is 0 Å². The normalized spacial score (nSPS) is 12.8. The van der Waals surface area contributed by atoms with Crippen LogP contribution in [-0.4, -0.2) is 17.1 Å². The molecule has 0 saturated carbocycles. The van der Waals surface area contributed by atoms with E-state index in [0.717, 1.165) is 0 Å². The second-order valence-electron chi connectivity index (χ2n) is 4.09. The van der Waals surface area contributed by atoms with Gasteiger partial charge in [0.25, 0.3) is 0 Å². The summed E-state index contributed by atoms with van der Waals surface area (Å²) in [6.45, 7) is 5.44. The Bertz CT molecular complexity index is 391. The first-order valence-electron chi connectivity index (χ1n) is 5.16. The minimum Gasteiger partial charge on any atom is -0.480 e. The first-order valence-corrected chi connectivity index (χ1v) is 5.16. The van der Waals surface area contributed by atoms with Gasteiger partial charge in [-0.3, -0.25) is 10.1 Å². The van der Waals surface area contributed by atoms with Crippen molar-refractivity contribution in [1.82, 2.24) is 5.32 Å². The summed E-state index contributed by atoms with van der Waals surface area (Å²) in [5, 5.41) is 12.0. The highest BCUT2D eigenvalue weighted by atomic mass is 19.1. The van der Waals surface area contributed by atoms with E-state index in [1.54, 1.807) is 6.92 Å². The molecule has 1 aromatic carbocycles. The zero-order valence-corrected chi connectivity index (χ0v) is 9.62. The van der Waals surface area contributed by atoms with Gasteiger partial charge in [-0.2, -0.15) is 0 Å². The monoisotopic (exact) mass is 225 g/mol. The largest absolute Gasteiger partial charge is 0.480 e. The average molecular weight is 225 g/mol. The Hall–Kier alpha value is -1.42. The van der Waals surface area contributed by atoms with E-state index in [1.165, 1.54) is 18.2 Å². The quantitative estimate of drug-likeness (QED) is 0.826. The standard InChI is InChI=1S/C12H16FNO2/c1-7(2)14-11(12(15)16)10-5-4-9(13)6-8(10)3/h4-7,11,14H,1-3H3,(H,15,16). The molecule has 1 atom stereocenters. The fourth-order valence-corrected chi connectivity index (χ4v) is 1.59. The molecule has 0 amide bonds. The molecular formula is C12H16FNO2. The molecule has 88 valence electrons. The van der Waals surface area contributed by atoms with Crippen LogP contribution in [0.15, 0.2) is 18.2 Å². The second kappa shape index (κ2) is 5.07. The van der Waals surface area contributed by atoms with Crippen LogP contribution in [0.2, 0.25) is 0 Å². The molecule has 0 bridgehead atoms. The fraction of sp³-hybridized carbons (Fsp3) is 0.417. The van der Waals surface area contributed by atoms with E-state index < -0.39 is 12.0 Å². The molecule has 0 heterocycles. The number of benzene rings is 1. The zero-order chi connectivity index (χ0) is 12.3. The third kappa shape index (κ3) is 3.03. The third-order valence-corrected chi connectivity index (χ3v) is 2.29. The lowest BCUT2D eigenvalue weighted by Gasteiger charge is -2.19. The van der Waals surface area contributed by atoms with Gasteiger partial charge in [0, 0.05) is 6.04 Å². The zero-order valence-electron chi connectivity index (χ0n) is 9.62. The lowest BCUT2D eigenvalue weighted by atomic mass is 10.0. The van der Waals surface area contributed by atoms with Crippen LogP contribution < -0.4 is 5.32 Å². The highest BCUT2D eigenvalue weighted by Crippen LogP contribution is 2.19. The van der Waals surface area contributed by atoms with Crippen molar-refractivity contribution < 1.29 is 14.3 Å². The molecule has 0 aliphatic rings. The molecule has 0 fully saturated rings. The summed E-state index contributed by atoms with van der Waals surface area (Å²) < 4.78 is 12.9. The molecule has 1 unspecified atom stereocenters. The Kier molecular flexibility index (Phi) is 4.01. The maximum absolute atomic E-state index is 12.9. The van der Waals surface area contributed by atoms with Gasteiger partial charge in [0.1, 0.15) is 11.9 Å². The number of rotatable bonds is 4. The number of nitrogens with one attached hydrogen (secondary N) is 1. The Labute approximate surface area is 94.3 Å². The topological polar surface area (TPSA) is 49.3 Å². The Balaban J connectivity index is 3.06. The molecule has 1 rings (SSSR count). The maximum atomic E-state index is 12.9. The molecule has 0 spiro atoms. The van der Waals surface area contributed by atoms with Crippen molar-refractivity contribution in [3.8, 4) is 0 Å². The number of carbonyl (C=O) groups is 1. The minimum absolute atomic E-state index is 0.0468. The highest BCUT2D eigenvalue weighted by Gasteiger charge is 2.21. The van der Waals surface area contributed by atoms with Crippen LogP contribution in [-0.2, 0) is 4.79 Å². The molecule has 0 aliphatic carbocycles. The molecule has 0 aliphatic heterocycles. The van der Waals surface area contributed by atoms with Crippen LogP contribution in [0.3, 0.4) is 0 Å². The van der Waals surface area contributed by atoms with Gasteiger partial charge in [-0.05, 0) is 44.0 Å². The first-order chi connectivity index (χ1) is 7.41. The van der Waals surface area contributed by atoms with Gasteiger partial charge < -0.3 is 5.11 Å². The number of carboxylic acids is 1. The predicted octanol–water partition coefficient (Wildman–Crippen LogP) is 2.26. The Morgan fingerprint density at radius 2 is 2.06 bits per heavy atom. The van der Waals surface area contributed by atoms with Crippen molar-refractivity contribution in [2.75, 3.05) is 0 Å². The summed E-state index contributed by atoms with van der Waals surface area (Å²) in [7, 11) is 0. The molecular weight excluding hydrogens is 209 g/mol. The van der Waals surface area contributed by atoms with E-state index in [4.69, 9.17) is 5.11 Å². The van der Waals surface area contributed by atoms with Gasteiger partial charge in [-0.15, -0.1) is 0 Å². The molecule has 1 aromatic rings. The van der Waals surface area contributed by atoms with Crippen LogP contribution in [0.1, 0.15) is 31.0 Å². The lowest BCUT2D eigenvalue weighted by molar-refractivity contribution is -0.139. The summed E-state index contributed by atoms with van der Waals surface area (Å²) in [5.74, 6) is -1.31. The van der Waals surface area contributed by atoms with Crippen molar-refractivity contribution in [3.63, 3.8) is 0 Å². The van der Waals surface area contributed by atoms with Crippen LogP contribution in [0.25, 0.3) is 0 Å².